The minimum absolute atomic E-state index is 0.143. The molecule has 1 rings (SSSR count). The lowest BCUT2D eigenvalue weighted by Crippen LogP contribution is -2.44. The second-order valence-electron chi connectivity index (χ2n) is 5.96. The van der Waals surface area contributed by atoms with E-state index in [0.717, 1.165) is 13.0 Å². The van der Waals surface area contributed by atoms with E-state index in [4.69, 9.17) is 0 Å². The summed E-state index contributed by atoms with van der Waals surface area (Å²) < 4.78 is 0. The average Bonchev–Trinajstić information content (AvgIpc) is 2.39. The molecule has 2 heteroatoms. The minimum atomic E-state index is -0.143. The molecule has 17 heavy (non-hydrogen) atoms. The molecule has 102 valence electrons. The number of nitrogens with zero attached hydrogens (tertiary/aromatic N) is 1. The average molecular weight is 241 g/mol. The quantitative estimate of drug-likeness (QED) is 0.771. The van der Waals surface area contributed by atoms with E-state index in [0.29, 0.717) is 11.3 Å². The van der Waals surface area contributed by atoms with Crippen molar-refractivity contribution in [3.8, 4) is 0 Å². The molecule has 0 aromatic rings. The Morgan fingerprint density at radius 1 is 1.12 bits per heavy atom. The molecule has 1 N–H and O–H groups in total. The molecule has 1 heterocycles. The molecule has 1 aliphatic heterocycles. The number of hydrogen-bond acceptors (Lipinski definition) is 2. The van der Waals surface area contributed by atoms with Gasteiger partial charge in [0.15, 0.2) is 0 Å². The van der Waals surface area contributed by atoms with Gasteiger partial charge in [0.25, 0.3) is 0 Å². The van der Waals surface area contributed by atoms with Gasteiger partial charge in [0, 0.05) is 6.54 Å². The molecule has 2 atom stereocenters. The number of aliphatic hydroxyl groups is 1. The minimum Gasteiger partial charge on any atom is -0.392 e. The van der Waals surface area contributed by atoms with Gasteiger partial charge in [-0.25, -0.2) is 0 Å². The summed E-state index contributed by atoms with van der Waals surface area (Å²) in [6.07, 6.45) is 6.18. The van der Waals surface area contributed by atoms with Crippen molar-refractivity contribution in [2.24, 2.45) is 11.3 Å². The molecule has 0 aliphatic carbocycles. The lowest BCUT2D eigenvalue weighted by atomic mass is 9.74. The monoisotopic (exact) mass is 241 g/mol. The van der Waals surface area contributed by atoms with Crippen molar-refractivity contribution in [3.63, 3.8) is 0 Å². The van der Waals surface area contributed by atoms with Crippen LogP contribution in [0.5, 0.6) is 0 Å². The fourth-order valence-electron chi connectivity index (χ4n) is 2.88. The third kappa shape index (κ3) is 3.96. The summed E-state index contributed by atoms with van der Waals surface area (Å²) in [6.45, 7) is 12.2. The summed E-state index contributed by atoms with van der Waals surface area (Å²) in [6, 6.07) is 0. The number of β-amino-alcohol motifs (C(OH)–C–C–N with tert-alkyl or cyclic N) is 1. The van der Waals surface area contributed by atoms with Crippen molar-refractivity contribution in [2.75, 3.05) is 19.6 Å². The third-order valence-electron chi connectivity index (χ3n) is 5.16. The Morgan fingerprint density at radius 3 is 2.06 bits per heavy atom. The van der Waals surface area contributed by atoms with Gasteiger partial charge in [-0.15, -0.1) is 0 Å². The van der Waals surface area contributed by atoms with Gasteiger partial charge in [-0.05, 0) is 37.3 Å². The number of hydrogen-bond donors (Lipinski definition) is 1. The molecule has 0 spiro atoms. The first kappa shape index (κ1) is 15.0. The number of aliphatic hydroxyl groups excluding tert-OH is 1. The van der Waals surface area contributed by atoms with Gasteiger partial charge in [0.05, 0.1) is 6.10 Å². The Kier molecular flexibility index (Phi) is 5.94. The summed E-state index contributed by atoms with van der Waals surface area (Å²) in [7, 11) is 0. The van der Waals surface area contributed by atoms with Crippen LogP contribution < -0.4 is 0 Å². The second kappa shape index (κ2) is 6.75. The summed E-state index contributed by atoms with van der Waals surface area (Å²) in [5.74, 6) is 0.430. The SMILES string of the molecule is CCC(C)C(O)CN1CCC(CC)(CC)CC1. The van der Waals surface area contributed by atoms with E-state index in [1.807, 2.05) is 0 Å². The Labute approximate surface area is 107 Å². The maximum Gasteiger partial charge on any atom is 0.0692 e. The molecule has 0 radical (unpaired) electrons. The smallest absolute Gasteiger partial charge is 0.0692 e. The van der Waals surface area contributed by atoms with Crippen molar-refractivity contribution in [3.05, 3.63) is 0 Å². The Balaban J connectivity index is 2.37. The summed E-state index contributed by atoms with van der Waals surface area (Å²) >= 11 is 0. The fraction of sp³-hybridized carbons (Fsp3) is 1.00. The van der Waals surface area contributed by atoms with Crippen LogP contribution in [0.15, 0.2) is 0 Å². The number of rotatable bonds is 6. The maximum atomic E-state index is 10.1. The van der Waals surface area contributed by atoms with Crippen molar-refractivity contribution < 1.29 is 5.11 Å². The normalized spacial score (nSPS) is 24.5. The molecule has 2 unspecified atom stereocenters. The van der Waals surface area contributed by atoms with E-state index < -0.39 is 0 Å². The number of piperidine rings is 1. The van der Waals surface area contributed by atoms with E-state index in [9.17, 15) is 5.11 Å². The molecule has 0 amide bonds. The largest absolute Gasteiger partial charge is 0.392 e. The van der Waals surface area contributed by atoms with Crippen LogP contribution in [0.25, 0.3) is 0 Å². The zero-order valence-electron chi connectivity index (χ0n) is 12.2. The predicted molar refractivity (Wildman–Crippen MR) is 74.2 cm³/mol. The first-order valence-corrected chi connectivity index (χ1v) is 7.47. The zero-order chi connectivity index (χ0) is 12.9. The van der Waals surface area contributed by atoms with Crippen LogP contribution in [-0.4, -0.2) is 35.7 Å². The van der Waals surface area contributed by atoms with Crippen LogP contribution >= 0.6 is 0 Å². The molecule has 0 bridgehead atoms. The fourth-order valence-corrected chi connectivity index (χ4v) is 2.88. The highest BCUT2D eigenvalue weighted by atomic mass is 16.3. The van der Waals surface area contributed by atoms with E-state index in [-0.39, 0.29) is 6.10 Å². The van der Waals surface area contributed by atoms with Crippen molar-refractivity contribution in [2.45, 2.75) is 65.9 Å². The van der Waals surface area contributed by atoms with Gasteiger partial charge in [-0.1, -0.05) is 47.0 Å². The van der Waals surface area contributed by atoms with Crippen molar-refractivity contribution in [1.29, 1.82) is 0 Å². The summed E-state index contributed by atoms with van der Waals surface area (Å²) in [5, 5.41) is 10.1. The highest BCUT2D eigenvalue weighted by Gasteiger charge is 2.31. The van der Waals surface area contributed by atoms with Gasteiger partial charge >= 0.3 is 0 Å². The predicted octanol–water partition coefficient (Wildman–Crippen LogP) is 3.30. The van der Waals surface area contributed by atoms with Crippen LogP contribution in [0.4, 0.5) is 0 Å². The Hall–Kier alpha value is -0.0800. The van der Waals surface area contributed by atoms with Crippen LogP contribution in [0.1, 0.15) is 59.8 Å². The molecular formula is C15H31NO. The molecule has 0 aromatic carbocycles. The number of likely N-dealkylation sites (tertiary alicyclic amines) is 1. The molecule has 1 fully saturated rings. The summed E-state index contributed by atoms with van der Waals surface area (Å²) in [5.41, 5.74) is 0.595. The first-order valence-electron chi connectivity index (χ1n) is 7.47. The highest BCUT2D eigenvalue weighted by Crippen LogP contribution is 2.37. The third-order valence-corrected chi connectivity index (χ3v) is 5.16. The van der Waals surface area contributed by atoms with Crippen molar-refractivity contribution in [1.82, 2.24) is 4.90 Å². The van der Waals surface area contributed by atoms with Crippen LogP contribution in [0, 0.1) is 11.3 Å². The zero-order valence-corrected chi connectivity index (χ0v) is 12.2. The molecule has 0 saturated carbocycles. The molecule has 0 aromatic heterocycles. The Bertz CT molecular complexity index is 203. The second-order valence-corrected chi connectivity index (χ2v) is 5.96. The topological polar surface area (TPSA) is 23.5 Å². The maximum absolute atomic E-state index is 10.1. The lowest BCUT2D eigenvalue weighted by Gasteiger charge is -2.42. The van der Waals surface area contributed by atoms with E-state index in [2.05, 4.69) is 32.6 Å². The van der Waals surface area contributed by atoms with Gasteiger partial charge in [-0.3, -0.25) is 0 Å². The van der Waals surface area contributed by atoms with Crippen LogP contribution in [0.2, 0.25) is 0 Å². The van der Waals surface area contributed by atoms with Gasteiger partial charge in [0.2, 0.25) is 0 Å². The molecule has 2 nitrogen and oxygen atoms in total. The van der Waals surface area contributed by atoms with Gasteiger partial charge in [0.1, 0.15) is 0 Å². The van der Waals surface area contributed by atoms with Crippen LogP contribution in [-0.2, 0) is 0 Å². The molecular weight excluding hydrogens is 210 g/mol. The van der Waals surface area contributed by atoms with Crippen LogP contribution in [0.3, 0.4) is 0 Å². The van der Waals surface area contributed by atoms with E-state index in [1.54, 1.807) is 0 Å². The van der Waals surface area contributed by atoms with Crippen molar-refractivity contribution >= 4 is 0 Å². The first-order chi connectivity index (χ1) is 8.06. The van der Waals surface area contributed by atoms with Gasteiger partial charge in [-0.2, -0.15) is 0 Å². The van der Waals surface area contributed by atoms with E-state index in [1.165, 1.54) is 38.8 Å². The summed E-state index contributed by atoms with van der Waals surface area (Å²) in [4.78, 5) is 2.46. The molecule has 1 aliphatic rings. The standard InChI is InChI=1S/C15H31NO/c1-5-13(4)14(17)12-16-10-8-15(6-2,7-3)9-11-16/h13-14,17H,5-12H2,1-4H3. The lowest BCUT2D eigenvalue weighted by molar-refractivity contribution is 0.0317. The Morgan fingerprint density at radius 2 is 1.65 bits per heavy atom. The van der Waals surface area contributed by atoms with Gasteiger partial charge < -0.3 is 10.0 Å². The van der Waals surface area contributed by atoms with E-state index >= 15 is 0 Å². The highest BCUT2D eigenvalue weighted by molar-refractivity contribution is 4.85. The molecule has 1 saturated heterocycles.